The number of benzene rings is 2. The first-order valence-corrected chi connectivity index (χ1v) is 24.9. The number of nitrogens with zero attached hydrogens (tertiary/aromatic N) is 1. The number of fused-ring (bicyclic) bond motifs is 3. The number of nitrogens with two attached hydrogens (primary N) is 1. The van der Waals surface area contributed by atoms with Crippen LogP contribution in [0.5, 0.6) is 0 Å². The standard InChI is InChI=1S/C43H57N3O4S4/c1-41-11-13-51-53-26-42-20-28(14-35-37-19-33(41)18-32(24-49)36(8-5-12-47)43(37,41)21-38(35)50)25-52-54-39(15-27-6-3-2-4-7-27)29-9-10-30(23-48)31(16-29)17-34(42)22-45-40(44)46-42/h2-4,6-7,9-10,16,28,32-34,36,39,47-49H,5,8,11-15,17-26H2,1H3,(H3,44,45,46). The highest BCUT2D eigenvalue weighted by molar-refractivity contribution is 8.77. The Morgan fingerprint density at radius 1 is 1.02 bits per heavy atom. The summed E-state index contributed by atoms with van der Waals surface area (Å²) >= 11 is 0. The first-order chi connectivity index (χ1) is 26.2. The number of aliphatic hydroxyl groups excluding tert-OH is 3. The Balaban J connectivity index is 1.22. The van der Waals surface area contributed by atoms with Gasteiger partial charge in [0.2, 0.25) is 0 Å². The van der Waals surface area contributed by atoms with E-state index < -0.39 is 0 Å². The molecule has 9 unspecified atom stereocenters. The first-order valence-electron chi connectivity index (χ1n) is 20.1. The minimum absolute atomic E-state index is 0.00360. The van der Waals surface area contributed by atoms with Crippen molar-refractivity contribution in [2.75, 3.05) is 37.0 Å². The Labute approximate surface area is 337 Å². The number of ketones is 1. The highest BCUT2D eigenvalue weighted by Gasteiger charge is 2.69. The predicted molar refractivity (Wildman–Crippen MR) is 227 cm³/mol. The van der Waals surface area contributed by atoms with E-state index in [4.69, 9.17) is 10.7 Å². The predicted octanol–water partition coefficient (Wildman–Crippen LogP) is 7.54. The van der Waals surface area contributed by atoms with Crippen molar-refractivity contribution >= 4 is 54.9 Å². The number of guanidine groups is 1. The zero-order chi connectivity index (χ0) is 37.5. The molecule has 9 atom stereocenters. The second kappa shape index (κ2) is 16.3. The van der Waals surface area contributed by atoms with Gasteiger partial charge in [0.25, 0.3) is 0 Å². The molecule has 6 aliphatic rings. The Bertz CT molecular complexity index is 1760. The lowest BCUT2D eigenvalue weighted by Crippen LogP contribution is -2.62. The molecule has 0 amide bonds. The molecule has 8 rings (SSSR count). The molecule has 3 aliphatic heterocycles. The Morgan fingerprint density at radius 3 is 2.67 bits per heavy atom. The average Bonchev–Trinajstić information content (AvgIpc) is 3.50. The van der Waals surface area contributed by atoms with Gasteiger partial charge in [-0.1, -0.05) is 104 Å². The van der Waals surface area contributed by atoms with E-state index >= 15 is 0 Å². The maximum Gasteiger partial charge on any atom is 0.189 e. The number of carbonyl (C=O) groups excluding carboxylic acids is 1. The fraction of sp³-hybridized carbons (Fsp3) is 0.628. The van der Waals surface area contributed by atoms with Crippen LogP contribution in [0.25, 0.3) is 0 Å². The smallest absolute Gasteiger partial charge is 0.189 e. The molecule has 292 valence electrons. The summed E-state index contributed by atoms with van der Waals surface area (Å²) in [6.45, 7) is 3.42. The van der Waals surface area contributed by atoms with Gasteiger partial charge in [-0.15, -0.1) is 0 Å². The van der Waals surface area contributed by atoms with Crippen LogP contribution in [0.15, 0.2) is 64.7 Å². The van der Waals surface area contributed by atoms with Crippen LogP contribution in [0.2, 0.25) is 0 Å². The number of allylic oxidation sites excluding steroid dienone is 2. The summed E-state index contributed by atoms with van der Waals surface area (Å²) < 4.78 is 0. The summed E-state index contributed by atoms with van der Waals surface area (Å²) in [5.41, 5.74) is 13.3. The molecular weight excluding hydrogens is 751 g/mol. The highest BCUT2D eigenvalue weighted by atomic mass is 33.1. The van der Waals surface area contributed by atoms with Gasteiger partial charge in [-0.2, -0.15) is 0 Å². The lowest BCUT2D eigenvalue weighted by molar-refractivity contribution is -0.125. The van der Waals surface area contributed by atoms with Gasteiger partial charge in [0.1, 0.15) is 0 Å². The molecule has 11 heteroatoms. The van der Waals surface area contributed by atoms with Crippen LogP contribution in [0.3, 0.4) is 0 Å². The summed E-state index contributed by atoms with van der Waals surface area (Å²) in [6.07, 6.45) is 8.53. The van der Waals surface area contributed by atoms with Gasteiger partial charge in [-0.05, 0) is 115 Å². The zero-order valence-electron chi connectivity index (χ0n) is 31.5. The third-order valence-electron chi connectivity index (χ3n) is 14.6. The SMILES string of the molecule is CC12CCSSCC34CC(CSSC(Cc5ccccc5)c5ccc(CO)c(c5)CC3CN=C(N)N4)CC3=C4CC1CC(CO)C(CCCO)C42CC3=O. The fourth-order valence-corrected chi connectivity index (χ4v) is 17.8. The molecule has 2 fully saturated rings. The zero-order valence-corrected chi connectivity index (χ0v) is 34.8. The summed E-state index contributed by atoms with van der Waals surface area (Å²) in [7, 11) is 7.84. The molecule has 54 heavy (non-hydrogen) atoms. The number of aliphatic hydroxyl groups is 3. The van der Waals surface area contributed by atoms with Gasteiger partial charge in [0, 0.05) is 60.0 Å². The monoisotopic (exact) mass is 807 g/mol. The van der Waals surface area contributed by atoms with Crippen molar-refractivity contribution in [2.45, 2.75) is 88.5 Å². The molecule has 9 bridgehead atoms. The molecule has 0 saturated heterocycles. The van der Waals surface area contributed by atoms with Crippen molar-refractivity contribution in [1.82, 2.24) is 5.32 Å². The number of rotatable bonds is 7. The molecule has 2 spiro atoms. The molecule has 3 heterocycles. The van der Waals surface area contributed by atoms with Crippen molar-refractivity contribution in [2.24, 2.45) is 51.1 Å². The van der Waals surface area contributed by atoms with Gasteiger partial charge in [0.05, 0.1) is 12.1 Å². The second-order valence-electron chi connectivity index (χ2n) is 17.3. The third kappa shape index (κ3) is 7.02. The molecule has 0 radical (unpaired) electrons. The average molecular weight is 808 g/mol. The molecular formula is C43H57N3O4S4. The topological polar surface area (TPSA) is 128 Å². The Hall–Kier alpha value is -1.60. The number of hydrogen-bond acceptors (Lipinski definition) is 11. The van der Waals surface area contributed by atoms with Crippen LogP contribution in [0.4, 0.5) is 0 Å². The maximum atomic E-state index is 14.7. The molecule has 7 nitrogen and oxygen atoms in total. The number of nitrogens with one attached hydrogen (secondary N) is 1. The Kier molecular flexibility index (Phi) is 11.9. The summed E-state index contributed by atoms with van der Waals surface area (Å²) in [5, 5.41) is 35.4. The molecule has 0 aromatic heterocycles. The van der Waals surface area contributed by atoms with E-state index in [0.717, 1.165) is 79.8 Å². The lowest BCUT2D eigenvalue weighted by Gasteiger charge is -2.57. The Morgan fingerprint density at radius 2 is 1.87 bits per heavy atom. The van der Waals surface area contributed by atoms with Crippen LogP contribution in [0, 0.1) is 40.4 Å². The van der Waals surface area contributed by atoms with E-state index in [1.807, 2.05) is 43.2 Å². The molecule has 2 aromatic carbocycles. The van der Waals surface area contributed by atoms with Crippen molar-refractivity contribution in [3.8, 4) is 0 Å². The first kappa shape index (κ1) is 39.2. The van der Waals surface area contributed by atoms with Crippen molar-refractivity contribution in [3.05, 3.63) is 81.9 Å². The fourth-order valence-electron chi connectivity index (χ4n) is 11.9. The number of aliphatic imine (C=N–C) groups is 1. The van der Waals surface area contributed by atoms with Crippen LogP contribution >= 0.6 is 43.2 Å². The molecule has 2 aromatic rings. The highest BCUT2D eigenvalue weighted by Crippen LogP contribution is 2.75. The van der Waals surface area contributed by atoms with Crippen LogP contribution in [-0.4, -0.2) is 69.6 Å². The number of Topliss-reactive ketones (excluding diaryl/α,β-unsaturated/α-hetero) is 1. The lowest BCUT2D eigenvalue weighted by atomic mass is 9.47. The van der Waals surface area contributed by atoms with Crippen molar-refractivity contribution in [3.63, 3.8) is 0 Å². The van der Waals surface area contributed by atoms with Gasteiger partial charge >= 0.3 is 0 Å². The normalized spacial score (nSPS) is 36.7. The van der Waals surface area contributed by atoms with Crippen LogP contribution < -0.4 is 11.1 Å². The minimum Gasteiger partial charge on any atom is -0.396 e. The number of carbonyl (C=O) groups is 1. The van der Waals surface area contributed by atoms with Gasteiger partial charge in [-0.25, -0.2) is 0 Å². The van der Waals surface area contributed by atoms with E-state index in [1.54, 1.807) is 0 Å². The largest absolute Gasteiger partial charge is 0.396 e. The van der Waals surface area contributed by atoms with E-state index in [1.165, 1.54) is 22.3 Å². The van der Waals surface area contributed by atoms with Gasteiger partial charge in [0.15, 0.2) is 11.7 Å². The molecule has 6 N–H and O–H groups in total. The van der Waals surface area contributed by atoms with E-state index in [0.29, 0.717) is 37.0 Å². The van der Waals surface area contributed by atoms with Crippen LogP contribution in [0.1, 0.15) is 85.8 Å². The van der Waals surface area contributed by atoms with E-state index in [9.17, 15) is 20.1 Å². The minimum atomic E-state index is -0.326. The van der Waals surface area contributed by atoms with Crippen molar-refractivity contribution in [1.29, 1.82) is 0 Å². The summed E-state index contributed by atoms with van der Waals surface area (Å²) in [5.74, 6) is 4.90. The summed E-state index contributed by atoms with van der Waals surface area (Å²) in [4.78, 5) is 19.5. The van der Waals surface area contributed by atoms with E-state index in [2.05, 4.69) is 60.8 Å². The molecule has 2 saturated carbocycles. The second-order valence-corrected chi connectivity index (χ2v) is 22.5. The van der Waals surface area contributed by atoms with Gasteiger partial charge in [-0.3, -0.25) is 9.79 Å². The summed E-state index contributed by atoms with van der Waals surface area (Å²) in [6, 6.07) is 17.5. The molecule has 3 aliphatic carbocycles. The van der Waals surface area contributed by atoms with Gasteiger partial charge < -0.3 is 26.4 Å². The van der Waals surface area contributed by atoms with Crippen molar-refractivity contribution < 1.29 is 20.1 Å². The van der Waals surface area contributed by atoms with Crippen LogP contribution in [-0.2, 0) is 24.2 Å². The maximum absolute atomic E-state index is 14.7. The van der Waals surface area contributed by atoms with E-state index in [-0.39, 0.29) is 65.1 Å². The third-order valence-corrected chi connectivity index (χ3v) is 20.1. The number of hydrogen-bond donors (Lipinski definition) is 5. The quantitative estimate of drug-likeness (QED) is 0.179.